The predicted molar refractivity (Wildman–Crippen MR) is 154 cm³/mol. The van der Waals surface area contributed by atoms with Gasteiger partial charge in [0.25, 0.3) is 0 Å². The highest BCUT2D eigenvalue weighted by Gasteiger charge is 2.66. The van der Waals surface area contributed by atoms with Gasteiger partial charge in [0.15, 0.2) is 0 Å². The maximum absolute atomic E-state index is 13.3. The number of carbonyl (C=O) groups excluding carboxylic acids is 1. The molecule has 0 aliphatic heterocycles. The van der Waals surface area contributed by atoms with Gasteiger partial charge in [0.2, 0.25) is 0 Å². The molecule has 0 radical (unpaired) electrons. The van der Waals surface area contributed by atoms with Gasteiger partial charge >= 0.3 is 5.97 Å². The van der Waals surface area contributed by atoms with Gasteiger partial charge in [-0.25, -0.2) is 0 Å². The summed E-state index contributed by atoms with van der Waals surface area (Å²) in [6.45, 7) is 9.25. The first-order chi connectivity index (χ1) is 18.9. The van der Waals surface area contributed by atoms with Gasteiger partial charge in [-0.15, -0.1) is 0 Å². The minimum atomic E-state index is -0.373. The maximum Gasteiger partial charge on any atom is 0.306 e. The zero-order valence-electron chi connectivity index (χ0n) is 25.6. The van der Waals surface area contributed by atoms with Crippen molar-refractivity contribution in [1.29, 1.82) is 0 Å². The van der Waals surface area contributed by atoms with Gasteiger partial charge in [-0.3, -0.25) is 4.79 Å². The molecule has 0 amide bonds. The van der Waals surface area contributed by atoms with Gasteiger partial charge in [0.05, 0.1) is 18.3 Å². The van der Waals surface area contributed by atoms with E-state index in [1.54, 1.807) is 0 Å². The lowest BCUT2D eigenvalue weighted by Gasteiger charge is -2.63. The molecule has 0 aromatic carbocycles. The smallest absolute Gasteiger partial charge is 0.306 e. The Morgan fingerprint density at radius 1 is 0.825 bits per heavy atom. The molecule has 0 spiro atoms. The summed E-state index contributed by atoms with van der Waals surface area (Å²) in [5.74, 6) is 4.79. The van der Waals surface area contributed by atoms with Crippen molar-refractivity contribution in [2.75, 3.05) is 0 Å². The van der Waals surface area contributed by atoms with E-state index in [4.69, 9.17) is 4.74 Å². The fraction of sp³-hybridized carbons (Fsp3) is 0.971. The van der Waals surface area contributed by atoms with Crippen LogP contribution in [0, 0.1) is 70.0 Å². The van der Waals surface area contributed by atoms with Gasteiger partial charge < -0.3 is 20.1 Å². The van der Waals surface area contributed by atoms with Crippen molar-refractivity contribution < 1.29 is 24.9 Å². The highest BCUT2D eigenvalue weighted by Crippen LogP contribution is 2.68. The molecule has 5 nitrogen and oxygen atoms in total. The summed E-state index contributed by atoms with van der Waals surface area (Å²) in [7, 11) is 0. The van der Waals surface area contributed by atoms with Gasteiger partial charge in [0.1, 0.15) is 5.60 Å². The number of fused-ring (bicyclic) bond motifs is 5. The Labute approximate surface area is 242 Å². The highest BCUT2D eigenvalue weighted by molar-refractivity contribution is 5.70. The molecule has 8 fully saturated rings. The summed E-state index contributed by atoms with van der Waals surface area (Å²) in [5.41, 5.74) is -0.365. The van der Waals surface area contributed by atoms with Crippen LogP contribution in [0.5, 0.6) is 0 Å². The maximum atomic E-state index is 13.3. The molecular weight excluding hydrogens is 500 g/mol. The molecule has 0 aromatic rings. The number of aliphatic hydroxyl groups excluding tert-OH is 3. The van der Waals surface area contributed by atoms with Gasteiger partial charge in [0, 0.05) is 6.42 Å². The Balaban J connectivity index is 1.02. The summed E-state index contributed by atoms with van der Waals surface area (Å²) in [5, 5.41) is 33.8. The first kappa shape index (κ1) is 28.1. The second kappa shape index (κ2) is 9.68. The molecule has 0 heterocycles. The van der Waals surface area contributed by atoms with Gasteiger partial charge in [-0.05, 0) is 160 Å². The number of esters is 1. The molecule has 40 heavy (non-hydrogen) atoms. The molecule has 8 aliphatic rings. The van der Waals surface area contributed by atoms with Crippen LogP contribution >= 0.6 is 0 Å². The van der Waals surface area contributed by atoms with E-state index in [0.29, 0.717) is 47.8 Å². The molecule has 11 atom stereocenters. The number of ether oxygens (including phenoxy) is 1. The topological polar surface area (TPSA) is 87.0 Å². The molecule has 8 saturated carbocycles. The first-order valence-electron chi connectivity index (χ1n) is 17.2. The van der Waals surface area contributed by atoms with Gasteiger partial charge in [-0.2, -0.15) is 0 Å². The number of rotatable bonds is 5. The Bertz CT molecular complexity index is 966. The Kier molecular flexibility index (Phi) is 6.81. The van der Waals surface area contributed by atoms with Crippen molar-refractivity contribution in [3.63, 3.8) is 0 Å². The third kappa shape index (κ3) is 4.05. The molecule has 6 unspecified atom stereocenters. The van der Waals surface area contributed by atoms with E-state index in [2.05, 4.69) is 27.7 Å². The van der Waals surface area contributed by atoms with Crippen molar-refractivity contribution in [3.8, 4) is 0 Å². The summed E-state index contributed by atoms with van der Waals surface area (Å²) < 4.78 is 6.40. The molecule has 226 valence electrons. The monoisotopic (exact) mass is 556 g/mol. The van der Waals surface area contributed by atoms with Crippen molar-refractivity contribution in [1.82, 2.24) is 0 Å². The van der Waals surface area contributed by atoms with E-state index in [1.807, 2.05) is 0 Å². The van der Waals surface area contributed by atoms with Crippen LogP contribution in [-0.4, -0.2) is 45.2 Å². The summed E-state index contributed by atoms with van der Waals surface area (Å²) in [4.78, 5) is 13.3. The largest absolute Gasteiger partial charge is 0.459 e. The second-order valence-corrected chi connectivity index (χ2v) is 17.0. The SMILES string of the molecule is CC(CCC(=O)OC1(C)C2CC3CC(C2)CC1C3)C1CCC2C3C(C[C@H](O)[C@]12C)[C@@]1(C)CC[C@@H](O)CC1C[C@H]3O. The van der Waals surface area contributed by atoms with Crippen LogP contribution in [0.3, 0.4) is 0 Å². The standard InChI is InChI=1S/C35H56O5/c1-19(5-8-31(39)40-35(4)23-12-20-11-21(14-23)15-24(35)13-20)26-6-7-27-32-28(18-30(38)34(26,27)3)33(2)10-9-25(36)16-22(33)17-29(32)37/h19-30,32,36-38H,5-18H2,1-4H3/t19?,20?,21?,22?,23?,24?,25-,26?,27?,28?,29-,30+,32?,33+,34-,35?/m1/s1. The third-order valence-corrected chi connectivity index (χ3v) is 15.4. The lowest BCUT2D eigenvalue weighted by Crippen LogP contribution is -2.62. The van der Waals surface area contributed by atoms with Crippen LogP contribution < -0.4 is 0 Å². The average molecular weight is 557 g/mol. The van der Waals surface area contributed by atoms with E-state index in [1.165, 1.54) is 32.1 Å². The van der Waals surface area contributed by atoms with E-state index in [9.17, 15) is 20.1 Å². The molecule has 0 aromatic heterocycles. The van der Waals surface area contributed by atoms with Crippen molar-refractivity contribution in [3.05, 3.63) is 0 Å². The van der Waals surface area contributed by atoms with Crippen molar-refractivity contribution in [2.24, 2.45) is 70.0 Å². The quantitative estimate of drug-likeness (QED) is 0.355. The highest BCUT2D eigenvalue weighted by atomic mass is 16.6. The number of hydrogen-bond donors (Lipinski definition) is 3. The summed E-state index contributed by atoms with van der Waals surface area (Å²) in [6.07, 6.45) is 13.1. The zero-order valence-corrected chi connectivity index (χ0v) is 25.6. The van der Waals surface area contributed by atoms with E-state index in [-0.39, 0.29) is 46.6 Å². The molecular formula is C35H56O5. The Morgan fingerprint density at radius 2 is 1.50 bits per heavy atom. The van der Waals surface area contributed by atoms with Crippen LogP contribution in [0.25, 0.3) is 0 Å². The molecule has 0 saturated heterocycles. The van der Waals surface area contributed by atoms with E-state index >= 15 is 0 Å². The van der Waals surface area contributed by atoms with Crippen LogP contribution in [0.1, 0.15) is 118 Å². The Hall–Kier alpha value is -0.650. The second-order valence-electron chi connectivity index (χ2n) is 17.0. The number of hydrogen-bond acceptors (Lipinski definition) is 5. The molecule has 8 aliphatic carbocycles. The molecule has 4 bridgehead atoms. The normalized spacial score (nSPS) is 57.2. The molecule has 3 N–H and O–H groups in total. The van der Waals surface area contributed by atoms with E-state index in [0.717, 1.165) is 63.2 Å². The molecule has 5 heteroatoms. The lowest BCUT2D eigenvalue weighted by molar-refractivity contribution is -0.208. The number of aliphatic hydroxyl groups is 3. The zero-order chi connectivity index (χ0) is 28.2. The first-order valence-corrected chi connectivity index (χ1v) is 17.2. The summed E-state index contributed by atoms with van der Waals surface area (Å²) in [6, 6.07) is 0. The van der Waals surface area contributed by atoms with E-state index < -0.39 is 0 Å². The fourth-order valence-electron chi connectivity index (χ4n) is 13.3. The van der Waals surface area contributed by atoms with Crippen LogP contribution in [0.2, 0.25) is 0 Å². The minimum Gasteiger partial charge on any atom is -0.459 e. The third-order valence-electron chi connectivity index (χ3n) is 15.4. The van der Waals surface area contributed by atoms with Crippen molar-refractivity contribution in [2.45, 2.75) is 141 Å². The van der Waals surface area contributed by atoms with Crippen LogP contribution in [0.4, 0.5) is 0 Å². The molecule has 8 rings (SSSR count). The minimum absolute atomic E-state index is 0.00747. The summed E-state index contributed by atoms with van der Waals surface area (Å²) >= 11 is 0. The Morgan fingerprint density at radius 3 is 2.17 bits per heavy atom. The average Bonchev–Trinajstić information content (AvgIpc) is 3.26. The van der Waals surface area contributed by atoms with Crippen LogP contribution in [-0.2, 0) is 9.53 Å². The van der Waals surface area contributed by atoms with Gasteiger partial charge in [-0.1, -0.05) is 20.8 Å². The van der Waals surface area contributed by atoms with Crippen molar-refractivity contribution >= 4 is 5.97 Å². The fourth-order valence-corrected chi connectivity index (χ4v) is 13.3. The number of carbonyl (C=O) groups is 1. The van der Waals surface area contributed by atoms with Crippen LogP contribution in [0.15, 0.2) is 0 Å². The lowest BCUT2D eigenvalue weighted by atomic mass is 9.43. The predicted octanol–water partition coefficient (Wildman–Crippen LogP) is 6.12.